The van der Waals surface area contributed by atoms with Gasteiger partial charge in [-0.15, -0.1) is 144 Å². The summed E-state index contributed by atoms with van der Waals surface area (Å²) in [6.45, 7) is -0.630. The van der Waals surface area contributed by atoms with Crippen molar-refractivity contribution in [2.24, 2.45) is 14.1 Å². The van der Waals surface area contributed by atoms with Crippen LogP contribution in [0, 0.1) is 142 Å². The Kier molecular flexibility index (Phi) is 75.6. The van der Waals surface area contributed by atoms with E-state index >= 15 is 0 Å². The number of carbonyl (C=O) groups excluding carboxylic acids is 1. The van der Waals surface area contributed by atoms with E-state index in [0.29, 0.717) is 46.9 Å². The van der Waals surface area contributed by atoms with Crippen molar-refractivity contribution in [3.05, 3.63) is 293 Å². The Morgan fingerprint density at radius 1 is 0.574 bits per heavy atom. The second kappa shape index (κ2) is 79.2. The molecule has 6 unspecified atom stereocenters. The molecule has 0 saturated heterocycles. The summed E-state index contributed by atoms with van der Waals surface area (Å²) >= 11 is 15.8. The number of aromatic nitrogens is 6. The fourth-order valence-corrected chi connectivity index (χ4v) is 15.6. The molecule has 8 aromatic rings. The van der Waals surface area contributed by atoms with E-state index in [4.69, 9.17) is 41.9 Å². The summed E-state index contributed by atoms with van der Waals surface area (Å²) in [6, 6.07) is 31.9. The molecule has 0 aliphatic rings. The Bertz CT molecular complexity index is 5870. The normalized spacial score (nSPS) is 11.6. The van der Waals surface area contributed by atoms with Crippen LogP contribution in [0.4, 0.5) is 5.00 Å². The molecular weight excluding hydrogens is 2250 g/mol. The molecule has 72 nitrogen and oxygen atoms in total. The fourth-order valence-electron chi connectivity index (χ4n) is 9.44. The summed E-state index contributed by atoms with van der Waals surface area (Å²) in [6.07, 6.45) is -1.99. The summed E-state index contributed by atoms with van der Waals surface area (Å²) < 4.78 is 48.4. The number of alkyl halides is 1. The smallest absolute Gasteiger partial charge is 0.709 e. The maximum absolute atomic E-state index is 12.2. The van der Waals surface area contributed by atoms with Gasteiger partial charge in [0.1, 0.15) is 74.6 Å². The van der Waals surface area contributed by atoms with Crippen LogP contribution in [0.2, 0.25) is 0 Å². The van der Waals surface area contributed by atoms with Crippen molar-refractivity contribution in [1.82, 2.24) is 28.5 Å². The number of fused-ring (bicyclic) bond motifs is 2. The van der Waals surface area contributed by atoms with Gasteiger partial charge in [0.05, 0.1) is 78.9 Å². The van der Waals surface area contributed by atoms with E-state index in [9.17, 15) is 164 Å². The van der Waals surface area contributed by atoms with Crippen LogP contribution < -0.4 is 80.9 Å². The Morgan fingerprint density at radius 3 is 1.51 bits per heavy atom. The molecule has 0 aliphatic heterocycles. The van der Waals surface area contributed by atoms with E-state index in [1.807, 2.05) is 53.2 Å². The molecule has 5 heterocycles. The minimum Gasteiger partial charge on any atom is -0.709 e. The second-order valence-electron chi connectivity index (χ2n) is 25.3. The van der Waals surface area contributed by atoms with Crippen molar-refractivity contribution in [3.8, 4) is 10.6 Å². The van der Waals surface area contributed by atoms with E-state index in [2.05, 4.69) is 112 Å². The number of aryl methyl sites for hydroxylation is 1. The van der Waals surface area contributed by atoms with Gasteiger partial charge in [-0.1, -0.05) is 93.6 Å². The molecule has 3 aromatic carbocycles. The molecule has 814 valence electrons. The van der Waals surface area contributed by atoms with Gasteiger partial charge in [-0.2, -0.15) is 5.10 Å². The quantitative estimate of drug-likeness (QED) is 0.00582. The molecule has 1 N–H and O–H groups in total. The molecule has 6 atom stereocenters. The molecule has 0 radical (unpaired) electrons. The monoisotopic (exact) mass is 2330 g/mol. The average molecular weight is 2330 g/mol. The molecule has 8 rings (SSSR count). The first-order valence-electron chi connectivity index (χ1n) is 38.5. The standard InChI is InChI=1S/C19H15N3O3S.C13H16N2O8S2.C10H12N6O8.C6H12N2O7S.C6H6N2O5S.C4H8N2O9S2.C3H5ClN2O5.CH3NO3.CH4O3S2.CH4O.2Na/c23-22(24)25-13-15-10-11-18(26-15)19-16-8-4-5-9-17(16)21(20-19)12-14-6-2-1-3-7-14;1-2-21-13(16)11-5-3-4-6-12(11)25-24-8-7-10(23-15(19)20)9-22-14(17)18;1-12-8-7(9(17)13(2)10(12)18)14(5-11-8)3-6(24-16(21)22)4-23-15(19)20;9-7(10)14-3-1-5-16(13)6-2-4-15-8(11)12;9-7(10)6-2-1-5(14-6)3-4-13-8(11)12;7-5(8)13-3-4(14-6(9)10)1-2-17(12,16)15-11;4-1-3(2-5(7)8)11-6(9)10;1-5-2(3)4;1-6(3,5)4-2;1-2;;/h1-11H,12-13H2;3-6,10H,2,7-9H2,1H3;5-6H,3-4H2,1-2H3;1-6H2;1-2H,3-4H2;4,11H,1-3H2;3H,1-2H2;1H3;2H,1H3;2H,1H3;;/q;;;;;;;;;;2*+1/p-2. The van der Waals surface area contributed by atoms with Gasteiger partial charge < -0.3 is 91.6 Å². The van der Waals surface area contributed by atoms with Crippen molar-refractivity contribution in [2.75, 3.05) is 102 Å². The van der Waals surface area contributed by atoms with Crippen LogP contribution in [0.3, 0.4) is 0 Å². The van der Waals surface area contributed by atoms with Gasteiger partial charge in [-0.3, -0.25) is 43.0 Å². The first kappa shape index (κ1) is 141. The predicted octanol–water partition coefficient (Wildman–Crippen LogP) is -2.94. The molecule has 0 amide bonds. The van der Waals surface area contributed by atoms with E-state index in [1.165, 1.54) is 69.5 Å². The third-order valence-corrected chi connectivity index (χ3v) is 23.6. The van der Waals surface area contributed by atoms with Crippen molar-refractivity contribution >= 4 is 140 Å². The number of ether oxygens (including phenoxy) is 1. The van der Waals surface area contributed by atoms with Crippen LogP contribution in [-0.4, -0.2) is 250 Å². The maximum atomic E-state index is 12.2. The second-order valence-corrected chi connectivity index (χ2v) is 38.6. The van der Waals surface area contributed by atoms with Gasteiger partial charge >= 0.3 is 75.8 Å². The number of benzene rings is 3. The Morgan fingerprint density at radius 2 is 1.04 bits per heavy atom. The molecule has 84 heteroatoms. The zero-order valence-electron chi connectivity index (χ0n) is 77.3. The van der Waals surface area contributed by atoms with Gasteiger partial charge in [0.25, 0.3) is 66.6 Å². The Balaban J connectivity index is -0.000000811. The number of nitrogens with zero attached hydrogens (tertiary/aromatic N) is 20. The van der Waals surface area contributed by atoms with Crippen molar-refractivity contribution in [2.45, 2.75) is 88.0 Å². The molecule has 0 aliphatic carbocycles. The van der Waals surface area contributed by atoms with Gasteiger partial charge in [-0.05, 0) is 74.6 Å². The van der Waals surface area contributed by atoms with E-state index in [0.717, 1.165) is 67.3 Å². The molecular formula is C64H83ClN20Na2O52S9. The Labute approximate surface area is 903 Å². The summed E-state index contributed by atoms with van der Waals surface area (Å²) in [5, 5.41) is 159. The molecule has 0 bridgehead atoms. The summed E-state index contributed by atoms with van der Waals surface area (Å²) in [5.41, 5.74) is 2.36. The van der Waals surface area contributed by atoms with E-state index < -0.39 is 173 Å². The molecule has 0 spiro atoms. The van der Waals surface area contributed by atoms with Gasteiger partial charge in [0.15, 0.2) is 17.3 Å². The van der Waals surface area contributed by atoms with E-state index in [1.54, 1.807) is 37.3 Å². The third kappa shape index (κ3) is 67.0. The van der Waals surface area contributed by atoms with Crippen molar-refractivity contribution in [3.63, 3.8) is 0 Å². The molecule has 0 saturated carbocycles. The predicted molar refractivity (Wildman–Crippen MR) is 496 cm³/mol. The van der Waals surface area contributed by atoms with Crippen LogP contribution >= 0.6 is 55.9 Å². The topological polar surface area (TPSA) is 957 Å². The minimum absolute atomic E-state index is 0. The zero-order chi connectivity index (χ0) is 111. The minimum atomic E-state index is -3.54. The number of aliphatic hydroxyl groups excluding tert-OH is 1. The molecule has 5 aromatic heterocycles. The number of aliphatic hydroxyl groups is 1. The number of esters is 1. The number of halogens is 1. The third-order valence-electron chi connectivity index (χ3n) is 15.1. The number of thiophene rings is 2. The first-order valence-corrected chi connectivity index (χ1v) is 49.9. The number of hydrogen-bond acceptors (Lipinski definition) is 60. The average Bonchev–Trinajstić information content (AvgIpc) is 1.61. The summed E-state index contributed by atoms with van der Waals surface area (Å²) in [7, 11) is -0.278. The molecule has 148 heavy (non-hydrogen) atoms. The Hall–Kier alpha value is -13.0. The number of rotatable bonds is 56. The van der Waals surface area contributed by atoms with Crippen LogP contribution in [-0.2, 0) is 162 Å². The largest absolute Gasteiger partial charge is 1.00 e. The summed E-state index contributed by atoms with van der Waals surface area (Å²) in [4.78, 5) is 230. The SMILES string of the molecule is CCOC(=O)c1ccccc1SSCCC(CO[N+](=O)[O-])O[N+](=O)[O-].CO.CO[N+](=O)[O-].CS(=O)(=S)O[O-].Cn1c(=O)c2c(ncn2CC(CO[N+](=O)[O-])O[N+](=O)[O-])n(C)c1=O.O=[N+]([O-])CC(CCl)O[N+](=O)[O-].O=[N+]([O-])OCC(CCS(=O)(=S)O[O-])O[N+](=O)[O-].O=[N+]([O-])OCCCS(=O)CCCO[N+](=O)[O-].O=[N+]([O-])OCCc1ccc([N+](=O)[O-])s1.O=[N+]([O-])OCc1ccc(-c2nn(Cc3ccccc3)c3ccccc23)s1.[Na+].[Na+]. The number of nitro groups is 2. The summed E-state index contributed by atoms with van der Waals surface area (Å²) in [5.74, 6) is -0.298. The number of imidazole rings is 1. The number of hydrogen-bond donors (Lipinski definition) is 1. The van der Waals surface area contributed by atoms with Gasteiger partial charge in [0, 0.05) is 115 Å². The molecule has 0 fully saturated rings. The van der Waals surface area contributed by atoms with E-state index in [-0.39, 0.29) is 145 Å². The van der Waals surface area contributed by atoms with Crippen LogP contribution in [0.25, 0.3) is 32.6 Å². The van der Waals surface area contributed by atoms with Gasteiger partial charge in [0.2, 0.25) is 6.54 Å². The zero-order valence-corrected chi connectivity index (χ0v) is 89.4. The van der Waals surface area contributed by atoms with Crippen molar-refractivity contribution < 1.29 is 234 Å². The fraction of sp³-hybridized carbons (Fsp3) is 0.484. The van der Waals surface area contributed by atoms with Crippen LogP contribution in [0.5, 0.6) is 0 Å². The first-order chi connectivity index (χ1) is 68.6. The number of para-hydroxylation sites is 1. The van der Waals surface area contributed by atoms with Crippen LogP contribution in [0.15, 0.2) is 124 Å². The van der Waals surface area contributed by atoms with Crippen molar-refractivity contribution in [1.29, 1.82) is 0 Å². The maximum Gasteiger partial charge on any atom is 1.00 e. The van der Waals surface area contributed by atoms with Gasteiger partial charge in [-0.25, -0.2) is 23.0 Å². The van der Waals surface area contributed by atoms with Crippen LogP contribution in [0.1, 0.15) is 58.3 Å². The number of carbonyl (C=O) groups is 1.